The molecule has 0 atom stereocenters. The molecule has 2 aromatic carbocycles. The molecule has 0 saturated carbocycles. The first-order chi connectivity index (χ1) is 11.7. The fraction of sp³-hybridized carbons (Fsp3) is 0.0667. The van der Waals surface area contributed by atoms with Gasteiger partial charge in [0, 0.05) is 35.8 Å². The van der Waals surface area contributed by atoms with Gasteiger partial charge >= 0.3 is 10.4 Å². The van der Waals surface area contributed by atoms with Gasteiger partial charge in [-0.2, -0.15) is 8.42 Å². The van der Waals surface area contributed by atoms with Crippen molar-refractivity contribution in [3.8, 4) is 0 Å². The molecule has 0 bridgehead atoms. The van der Waals surface area contributed by atoms with Crippen LogP contribution in [0.1, 0.15) is 5.56 Å². The summed E-state index contributed by atoms with van der Waals surface area (Å²) in [7, 11) is -2.68. The van der Waals surface area contributed by atoms with Gasteiger partial charge in [0.1, 0.15) is 0 Å². The lowest BCUT2D eigenvalue weighted by Crippen LogP contribution is -2.25. The molecule has 1 heterocycles. The van der Waals surface area contributed by atoms with Crippen molar-refractivity contribution in [1.29, 1.82) is 0 Å². The normalized spacial score (nSPS) is 14.0. The van der Waals surface area contributed by atoms with Crippen molar-refractivity contribution in [2.75, 3.05) is 11.5 Å². The molecule has 3 rings (SSSR count). The maximum Gasteiger partial charge on any atom is 0.394 e. The third kappa shape index (κ3) is 5.81. The molecule has 1 aliphatic rings. The van der Waals surface area contributed by atoms with Gasteiger partial charge in [0.15, 0.2) is 0 Å². The first-order valence-corrected chi connectivity index (χ1v) is 9.71. The molecular formula is C15H14Cl2N2O4S2. The summed E-state index contributed by atoms with van der Waals surface area (Å²) in [4.78, 5) is 1.10. The Kier molecular flexibility index (Phi) is 6.61. The second-order valence-electron chi connectivity index (χ2n) is 4.81. The average Bonchev–Trinajstić information content (AvgIpc) is 2.88. The summed E-state index contributed by atoms with van der Waals surface area (Å²) >= 11 is 14.1. The lowest BCUT2D eigenvalue weighted by Gasteiger charge is -2.26. The van der Waals surface area contributed by atoms with Gasteiger partial charge in [-0.05, 0) is 18.2 Å². The van der Waals surface area contributed by atoms with Crippen molar-refractivity contribution >= 4 is 56.1 Å². The van der Waals surface area contributed by atoms with Gasteiger partial charge in [-0.15, -0.1) is 0 Å². The highest BCUT2D eigenvalue weighted by molar-refractivity contribution is 8.09. The van der Waals surface area contributed by atoms with Gasteiger partial charge in [-0.3, -0.25) is 14.1 Å². The first kappa shape index (κ1) is 19.9. The van der Waals surface area contributed by atoms with Crippen LogP contribution in [0.15, 0.2) is 54.7 Å². The Balaban J connectivity index is 0.000000399. The molecular weight excluding hydrogens is 407 g/mol. The Bertz CT molecular complexity index is 883. The van der Waals surface area contributed by atoms with E-state index in [1.807, 2.05) is 65.0 Å². The van der Waals surface area contributed by atoms with E-state index < -0.39 is 10.4 Å². The molecule has 0 aromatic heterocycles. The highest BCUT2D eigenvalue weighted by Crippen LogP contribution is 2.44. The third-order valence-electron chi connectivity index (χ3n) is 2.97. The van der Waals surface area contributed by atoms with Crippen LogP contribution in [0.4, 0.5) is 5.69 Å². The van der Waals surface area contributed by atoms with E-state index in [9.17, 15) is 0 Å². The van der Waals surface area contributed by atoms with Crippen LogP contribution in [0.5, 0.6) is 0 Å². The van der Waals surface area contributed by atoms with E-state index in [1.54, 1.807) is 11.9 Å². The van der Waals surface area contributed by atoms with Crippen molar-refractivity contribution in [3.63, 3.8) is 0 Å². The van der Waals surface area contributed by atoms with E-state index in [2.05, 4.69) is 6.20 Å². The summed E-state index contributed by atoms with van der Waals surface area (Å²) < 4.78 is 33.6. The molecule has 0 saturated heterocycles. The van der Waals surface area contributed by atoms with Crippen molar-refractivity contribution in [1.82, 2.24) is 5.01 Å². The molecule has 0 fully saturated rings. The van der Waals surface area contributed by atoms with E-state index in [-0.39, 0.29) is 0 Å². The zero-order chi connectivity index (χ0) is 18.6. The minimum Gasteiger partial charge on any atom is -0.284 e. The quantitative estimate of drug-likeness (QED) is 0.540. The number of benzene rings is 2. The largest absolute Gasteiger partial charge is 0.394 e. The van der Waals surface area contributed by atoms with Crippen molar-refractivity contribution in [3.05, 3.63) is 70.3 Å². The Morgan fingerprint density at radius 3 is 2.04 bits per heavy atom. The van der Waals surface area contributed by atoms with Crippen LogP contribution in [0.3, 0.4) is 0 Å². The van der Waals surface area contributed by atoms with E-state index in [0.29, 0.717) is 0 Å². The van der Waals surface area contributed by atoms with Gasteiger partial charge in [0.05, 0.1) is 15.6 Å². The lowest BCUT2D eigenvalue weighted by atomic mass is 10.2. The second-order valence-corrected chi connectivity index (χ2v) is 7.49. The Morgan fingerprint density at radius 1 is 0.960 bits per heavy atom. The Hall–Kier alpha value is -1.42. The first-order valence-electron chi connectivity index (χ1n) is 6.79. The molecule has 25 heavy (non-hydrogen) atoms. The van der Waals surface area contributed by atoms with Crippen LogP contribution in [0.25, 0.3) is 4.91 Å². The molecule has 0 aliphatic carbocycles. The fourth-order valence-corrected chi connectivity index (χ4v) is 3.66. The van der Waals surface area contributed by atoms with Crippen LogP contribution in [0.2, 0.25) is 10.0 Å². The van der Waals surface area contributed by atoms with Gasteiger partial charge in [0.25, 0.3) is 0 Å². The molecule has 0 radical (unpaired) electrons. The predicted molar refractivity (Wildman–Crippen MR) is 103 cm³/mol. The molecule has 134 valence electrons. The van der Waals surface area contributed by atoms with E-state index in [1.165, 1.54) is 0 Å². The van der Waals surface area contributed by atoms with Crippen LogP contribution in [-0.2, 0) is 10.4 Å². The van der Waals surface area contributed by atoms with Crippen molar-refractivity contribution < 1.29 is 17.5 Å². The Morgan fingerprint density at radius 2 is 1.48 bits per heavy atom. The highest BCUT2D eigenvalue weighted by Gasteiger charge is 2.24. The van der Waals surface area contributed by atoms with Gasteiger partial charge in [-0.1, -0.05) is 53.5 Å². The molecule has 0 spiro atoms. The topological polar surface area (TPSA) is 81.1 Å². The van der Waals surface area contributed by atoms with Crippen LogP contribution < -0.4 is 4.41 Å². The number of hydrogen-bond acceptors (Lipinski definition) is 5. The standard InChI is InChI=1S/C15H12Cl2N2S.H2O4S/c1-18-10-15(11-6-2-3-7-12(11)16)20-19(18)14-9-5-4-8-13(14)17;1-5(2,3)4/h2-10H,1H3;(H2,1,2,3,4). The zero-order valence-corrected chi connectivity index (χ0v) is 16.0. The summed E-state index contributed by atoms with van der Waals surface area (Å²) in [5.41, 5.74) is 1.99. The number of rotatable bonds is 2. The van der Waals surface area contributed by atoms with Crippen LogP contribution in [-0.4, -0.2) is 29.6 Å². The maximum atomic E-state index is 8.74. The summed E-state index contributed by atoms with van der Waals surface area (Å²) in [6.07, 6.45) is 2.05. The lowest BCUT2D eigenvalue weighted by molar-refractivity contribution is 0.381. The predicted octanol–water partition coefficient (Wildman–Crippen LogP) is 4.65. The number of halogens is 2. The second kappa shape index (κ2) is 8.31. The molecule has 10 heteroatoms. The van der Waals surface area contributed by atoms with Crippen molar-refractivity contribution in [2.24, 2.45) is 0 Å². The minimum atomic E-state index is -4.67. The third-order valence-corrected chi connectivity index (χ3v) is 4.77. The van der Waals surface area contributed by atoms with Gasteiger partial charge in [0.2, 0.25) is 0 Å². The molecule has 2 N–H and O–H groups in total. The van der Waals surface area contributed by atoms with Crippen molar-refractivity contribution in [2.45, 2.75) is 0 Å². The maximum absolute atomic E-state index is 8.74. The summed E-state index contributed by atoms with van der Waals surface area (Å²) in [6, 6.07) is 15.6. The van der Waals surface area contributed by atoms with Crippen LogP contribution in [0, 0.1) is 0 Å². The number of hydrogen-bond donors (Lipinski definition) is 2. The van der Waals surface area contributed by atoms with E-state index >= 15 is 0 Å². The zero-order valence-electron chi connectivity index (χ0n) is 12.9. The highest BCUT2D eigenvalue weighted by atomic mass is 35.5. The average molecular weight is 421 g/mol. The summed E-state index contributed by atoms with van der Waals surface area (Å²) in [6.45, 7) is 0. The molecule has 2 aromatic rings. The SMILES string of the molecule is CN1C=C(c2ccccc2Cl)SN1c1ccccc1Cl.O=S(=O)(O)O. The molecule has 6 nitrogen and oxygen atoms in total. The Labute approximate surface area is 160 Å². The fourth-order valence-electron chi connectivity index (χ4n) is 2.01. The van der Waals surface area contributed by atoms with E-state index in [4.69, 9.17) is 40.7 Å². The monoisotopic (exact) mass is 420 g/mol. The molecule has 0 amide bonds. The van der Waals surface area contributed by atoms with Crippen LogP contribution >= 0.6 is 35.1 Å². The minimum absolute atomic E-state index is 0.723. The summed E-state index contributed by atoms with van der Waals surface area (Å²) in [5.74, 6) is 0. The summed E-state index contributed by atoms with van der Waals surface area (Å²) in [5, 5.41) is 3.48. The van der Waals surface area contributed by atoms with Gasteiger partial charge < -0.3 is 0 Å². The number of nitrogens with zero attached hydrogens (tertiary/aromatic N) is 2. The van der Waals surface area contributed by atoms with E-state index in [0.717, 1.165) is 26.2 Å². The molecule has 0 unspecified atom stereocenters. The molecule has 1 aliphatic heterocycles. The number of hydrazine groups is 1. The number of para-hydroxylation sites is 1. The number of anilines is 1. The smallest absolute Gasteiger partial charge is 0.284 e. The van der Waals surface area contributed by atoms with Gasteiger partial charge in [-0.25, -0.2) is 4.41 Å².